The van der Waals surface area contributed by atoms with E-state index in [0.717, 1.165) is 32.1 Å². The lowest BCUT2D eigenvalue weighted by atomic mass is 9.32. The van der Waals surface area contributed by atoms with Crippen molar-refractivity contribution in [2.24, 2.45) is 62.1 Å². The van der Waals surface area contributed by atoms with E-state index in [2.05, 4.69) is 53.4 Å². The summed E-state index contributed by atoms with van der Waals surface area (Å²) in [5.41, 5.74) is 0.680. The molecule has 6 nitrogen and oxygen atoms in total. The van der Waals surface area contributed by atoms with E-state index in [1.165, 1.54) is 37.7 Å². The Hall–Kier alpha value is -1.85. The highest BCUT2D eigenvalue weighted by Gasteiger charge is 2.71. The van der Waals surface area contributed by atoms with Crippen LogP contribution < -0.4 is 5.32 Å². The summed E-state index contributed by atoms with van der Waals surface area (Å²) in [4.78, 5) is 37.8. The van der Waals surface area contributed by atoms with Crippen molar-refractivity contribution >= 4 is 17.8 Å². The molecule has 0 spiro atoms. The van der Waals surface area contributed by atoms with Crippen molar-refractivity contribution in [3.05, 3.63) is 12.2 Å². The van der Waals surface area contributed by atoms with Gasteiger partial charge in [0.25, 0.3) is 0 Å². The highest BCUT2D eigenvalue weighted by Crippen LogP contribution is 2.78. The van der Waals surface area contributed by atoms with Crippen LogP contribution in [0.5, 0.6) is 0 Å². The van der Waals surface area contributed by atoms with Crippen LogP contribution in [0.2, 0.25) is 0 Å². The number of esters is 1. The maximum Gasteiger partial charge on any atom is 0.309 e. The van der Waals surface area contributed by atoms with E-state index >= 15 is 0 Å². The van der Waals surface area contributed by atoms with Crippen LogP contribution in [-0.4, -0.2) is 35.6 Å². The van der Waals surface area contributed by atoms with Crippen molar-refractivity contribution in [2.75, 3.05) is 6.54 Å². The molecule has 0 radical (unpaired) electrons. The number of allylic oxidation sites excluding steroid dienone is 1. The summed E-state index contributed by atoms with van der Waals surface area (Å²) >= 11 is 0. The van der Waals surface area contributed by atoms with Crippen LogP contribution in [0.15, 0.2) is 12.2 Å². The Kier molecular flexibility index (Phi) is 8.73. The van der Waals surface area contributed by atoms with Gasteiger partial charge in [0.2, 0.25) is 5.91 Å². The number of nitrogens with one attached hydrogen (secondary N) is 1. The molecule has 5 saturated carbocycles. The average Bonchev–Trinajstić information content (AvgIpc) is 3.30. The van der Waals surface area contributed by atoms with Gasteiger partial charge in [-0.1, -0.05) is 46.8 Å². The molecule has 254 valence electrons. The molecule has 1 amide bonds. The summed E-state index contributed by atoms with van der Waals surface area (Å²) in [5.74, 6) is 1.56. The summed E-state index contributed by atoms with van der Waals surface area (Å²) in [6.45, 7) is 25.1. The lowest BCUT2D eigenvalue weighted by Gasteiger charge is -2.73. The minimum Gasteiger partial charge on any atom is -0.481 e. The zero-order valence-electron chi connectivity index (χ0n) is 29.9. The normalized spacial score (nSPS) is 43.6. The highest BCUT2D eigenvalue weighted by molar-refractivity contribution is 5.81. The number of rotatable bonds is 8. The number of fused-ring (bicyclic) bond motifs is 7. The van der Waals surface area contributed by atoms with E-state index < -0.39 is 11.4 Å². The first-order chi connectivity index (χ1) is 20.8. The maximum absolute atomic E-state index is 13.1. The molecule has 5 aliphatic rings. The number of hydrogen-bond donors (Lipinski definition) is 2. The Morgan fingerprint density at radius 3 is 2.20 bits per heavy atom. The Morgan fingerprint density at radius 2 is 1.58 bits per heavy atom. The van der Waals surface area contributed by atoms with Gasteiger partial charge in [-0.3, -0.25) is 14.4 Å². The molecule has 0 aromatic heterocycles. The number of hydrogen-bond acceptors (Lipinski definition) is 4. The number of carbonyl (C=O) groups is 3. The van der Waals surface area contributed by atoms with Gasteiger partial charge in [-0.25, -0.2) is 0 Å². The molecule has 5 fully saturated rings. The third-order valence-corrected chi connectivity index (χ3v) is 15.5. The van der Waals surface area contributed by atoms with Gasteiger partial charge in [-0.05, 0) is 143 Å². The fourth-order valence-electron chi connectivity index (χ4n) is 13.0. The smallest absolute Gasteiger partial charge is 0.309 e. The summed E-state index contributed by atoms with van der Waals surface area (Å²) in [5, 5.41) is 12.7. The molecule has 0 aromatic rings. The Balaban J connectivity index is 1.41. The summed E-state index contributed by atoms with van der Waals surface area (Å²) < 4.78 is 6.15. The molecule has 5 aliphatic carbocycles. The Bertz CT molecular complexity index is 1220. The molecular weight excluding hydrogens is 562 g/mol. The van der Waals surface area contributed by atoms with Crippen LogP contribution in [-0.2, 0) is 19.1 Å². The molecule has 2 N–H and O–H groups in total. The lowest BCUT2D eigenvalue weighted by molar-refractivity contribution is -0.250. The monoisotopic (exact) mass is 625 g/mol. The molecule has 0 heterocycles. The van der Waals surface area contributed by atoms with Gasteiger partial charge in [0, 0.05) is 18.4 Å². The van der Waals surface area contributed by atoms with Crippen LogP contribution in [0.3, 0.4) is 0 Å². The van der Waals surface area contributed by atoms with Crippen LogP contribution in [0.25, 0.3) is 0 Å². The van der Waals surface area contributed by atoms with E-state index in [1.807, 2.05) is 6.92 Å². The fourth-order valence-corrected chi connectivity index (χ4v) is 13.0. The average molecular weight is 626 g/mol. The molecule has 5 rings (SSSR count). The minimum absolute atomic E-state index is 0.0937. The van der Waals surface area contributed by atoms with Crippen LogP contribution in [0.1, 0.15) is 139 Å². The molecular formula is C39H63NO5. The first-order valence-electron chi connectivity index (χ1n) is 18.1. The minimum atomic E-state index is -1.13. The molecule has 2 unspecified atom stereocenters. The highest BCUT2D eigenvalue weighted by atomic mass is 16.5. The molecule has 10 atom stereocenters. The van der Waals surface area contributed by atoms with Crippen LogP contribution in [0, 0.1) is 62.1 Å². The first kappa shape index (κ1) is 34.5. The third-order valence-electron chi connectivity index (χ3n) is 15.5. The van der Waals surface area contributed by atoms with Crippen LogP contribution in [0.4, 0.5) is 0 Å². The van der Waals surface area contributed by atoms with E-state index in [0.29, 0.717) is 42.6 Å². The van der Waals surface area contributed by atoms with Gasteiger partial charge in [0.05, 0.1) is 11.8 Å². The van der Waals surface area contributed by atoms with E-state index in [4.69, 9.17) is 4.74 Å². The van der Waals surface area contributed by atoms with Gasteiger partial charge in [0.15, 0.2) is 0 Å². The van der Waals surface area contributed by atoms with Crippen molar-refractivity contribution in [1.29, 1.82) is 0 Å². The Morgan fingerprint density at radius 1 is 0.889 bits per heavy atom. The number of ether oxygens (including phenoxy) is 1. The summed E-state index contributed by atoms with van der Waals surface area (Å²) in [6.07, 6.45) is 11.7. The molecule has 0 bridgehead atoms. The second-order valence-electron chi connectivity index (χ2n) is 18.4. The third kappa shape index (κ3) is 5.21. The molecule has 6 heteroatoms. The van der Waals surface area contributed by atoms with Crippen molar-refractivity contribution in [1.82, 2.24) is 5.32 Å². The van der Waals surface area contributed by atoms with Crippen molar-refractivity contribution in [3.63, 3.8) is 0 Å². The summed E-state index contributed by atoms with van der Waals surface area (Å²) in [7, 11) is 0. The second-order valence-corrected chi connectivity index (χ2v) is 18.4. The largest absolute Gasteiger partial charge is 0.481 e. The van der Waals surface area contributed by atoms with Gasteiger partial charge in [-0.2, -0.15) is 0 Å². The lowest BCUT2D eigenvalue weighted by Crippen LogP contribution is -2.67. The van der Waals surface area contributed by atoms with Gasteiger partial charge in [0.1, 0.15) is 6.10 Å². The van der Waals surface area contributed by atoms with Gasteiger partial charge >= 0.3 is 11.9 Å². The molecule has 0 aliphatic heterocycles. The number of carboxylic acids is 1. The van der Waals surface area contributed by atoms with E-state index in [-0.39, 0.29) is 51.5 Å². The van der Waals surface area contributed by atoms with Crippen molar-refractivity contribution < 1.29 is 24.2 Å². The van der Waals surface area contributed by atoms with Crippen LogP contribution >= 0.6 is 0 Å². The van der Waals surface area contributed by atoms with Gasteiger partial charge < -0.3 is 15.2 Å². The zero-order chi connectivity index (χ0) is 33.4. The predicted molar refractivity (Wildman–Crippen MR) is 178 cm³/mol. The maximum atomic E-state index is 13.1. The summed E-state index contributed by atoms with van der Waals surface area (Å²) in [6, 6.07) is 0. The van der Waals surface area contributed by atoms with Crippen molar-refractivity contribution in [2.45, 2.75) is 145 Å². The Labute approximate surface area is 273 Å². The molecule has 0 aromatic carbocycles. The van der Waals surface area contributed by atoms with Crippen molar-refractivity contribution in [3.8, 4) is 0 Å². The number of amides is 1. The first-order valence-corrected chi connectivity index (χ1v) is 18.1. The van der Waals surface area contributed by atoms with Gasteiger partial charge in [-0.15, -0.1) is 0 Å². The predicted octanol–water partition coefficient (Wildman–Crippen LogP) is 8.58. The van der Waals surface area contributed by atoms with E-state index in [1.54, 1.807) is 13.8 Å². The number of carboxylic acid groups (broad SMARTS) is 1. The zero-order valence-corrected chi connectivity index (χ0v) is 29.9. The standard InChI is InChI=1S/C39H63NO5/c1-11-40-30(41)22-39-19-14-25(24(2)3)32(39)26-12-13-28-36(8)17-16-29(45-31(42)23-34(4,5)33(43)44)35(6,7)27(36)15-18-38(28,10)37(26,9)20-21-39/h25-29,32H,2,11-23H2,1,3-10H3,(H,40,41)(H,43,44)/t25-,26+,27?,28?,29-,32+,36-,37+,38+,39+/m0/s1. The second kappa shape index (κ2) is 11.4. The molecule has 45 heavy (non-hydrogen) atoms. The number of carbonyl (C=O) groups excluding carboxylic acids is 2. The van der Waals surface area contributed by atoms with E-state index in [9.17, 15) is 19.5 Å². The SMILES string of the molecule is C=C(C)[C@@H]1CC[C@]2(CC(=O)NCC)CC[C@]3(C)[C@H](CCC4[C@@]5(C)CC[C@H](OC(=O)CC(C)(C)C(=O)O)C(C)(C)C5CC[C@]43C)[C@@H]12. The number of aliphatic carboxylic acids is 1. The molecule has 0 saturated heterocycles. The quantitative estimate of drug-likeness (QED) is 0.208. The topological polar surface area (TPSA) is 92.7 Å². The fraction of sp³-hybridized carbons (Fsp3) is 0.872.